The molecule has 299 valence electrons. The SMILES string of the molecule is Cc1ccc2c(n1)oc1c(-c3nc4ccccc4n3-c3c(C)cc(-c4ccccc4)cc3C)[c-]ccc12.[2H]C([2H])([2H])c1c[c-]c(-c2cc(C([2H])([2H])C(C)C)[c]([Ge]([CH3])([CH3])[CH3])cn2)cc1.[Ir]. The normalized spacial score (nSPS) is 13.3. The Balaban J connectivity index is 0.000000202. The Morgan fingerprint density at radius 2 is 1.56 bits per heavy atom. The minimum Gasteiger partial charge on any atom is 0 e. The van der Waals surface area contributed by atoms with Crippen molar-refractivity contribution < 1.29 is 31.4 Å². The molecular weight excluding hydrogens is 961 g/mol. The van der Waals surface area contributed by atoms with Crippen LogP contribution in [0.5, 0.6) is 0 Å². The van der Waals surface area contributed by atoms with E-state index in [2.05, 4.69) is 118 Å². The third kappa shape index (κ3) is 8.63. The Morgan fingerprint density at radius 1 is 0.814 bits per heavy atom. The molecule has 4 aromatic heterocycles. The Kier molecular flexibility index (Phi) is 10.4. The molecule has 9 aromatic rings. The maximum absolute atomic E-state index is 8.60. The van der Waals surface area contributed by atoms with Gasteiger partial charge in [-0.15, -0.1) is 18.2 Å². The van der Waals surface area contributed by atoms with Crippen molar-refractivity contribution in [1.29, 1.82) is 0 Å². The molecule has 0 amide bonds. The van der Waals surface area contributed by atoms with E-state index < -0.39 is 26.5 Å². The van der Waals surface area contributed by atoms with Crippen molar-refractivity contribution in [1.82, 2.24) is 19.5 Å². The second-order valence-corrected chi connectivity index (χ2v) is 26.8. The van der Waals surface area contributed by atoms with Crippen molar-refractivity contribution in [3.63, 3.8) is 0 Å². The van der Waals surface area contributed by atoms with E-state index in [1.54, 1.807) is 12.1 Å². The molecule has 0 atom stereocenters. The summed E-state index contributed by atoms with van der Waals surface area (Å²) in [6, 6.07) is 44.4. The minimum absolute atomic E-state index is 0. The van der Waals surface area contributed by atoms with Crippen LogP contribution < -0.4 is 4.40 Å². The standard InChI is InChI=1S/C33H24N3O.C19H26GeN.Ir/c1-20-18-24(23-10-5-4-6-11-23)19-21(2)30(20)36-29-15-8-7-14-28(29)35-32(36)27-13-9-12-25-26-17-16-22(3)34-33(26)37-31(25)27;1-14(2)11-17-12-19(16-9-7-15(3)8-10-16)21-13-18(17)20(4,5)6;/h4-12,14-19H,1-3H3;7-9,12-14H,11H2,1-6H3;/q2*-1;/i;3D3,11D2;. The maximum atomic E-state index is 8.60. The van der Waals surface area contributed by atoms with Gasteiger partial charge in [-0.2, -0.15) is 0 Å². The number of hydrogen-bond acceptors (Lipinski definition) is 4. The molecule has 59 heavy (non-hydrogen) atoms. The number of imidazole rings is 1. The van der Waals surface area contributed by atoms with Gasteiger partial charge < -0.3 is 8.98 Å². The summed E-state index contributed by atoms with van der Waals surface area (Å²) in [4.78, 5) is 14.3. The van der Waals surface area contributed by atoms with E-state index in [9.17, 15) is 0 Å². The van der Waals surface area contributed by atoms with Gasteiger partial charge in [0.15, 0.2) is 0 Å². The molecule has 0 saturated carbocycles. The molecular formula is C52H50GeIrN4O-2. The van der Waals surface area contributed by atoms with Crippen LogP contribution >= 0.6 is 0 Å². The zero-order chi connectivity index (χ0) is 45.0. The number of aromatic nitrogens is 4. The van der Waals surface area contributed by atoms with Gasteiger partial charge >= 0.3 is 139 Å². The van der Waals surface area contributed by atoms with Crippen molar-refractivity contribution in [2.45, 2.75) is 65.1 Å². The van der Waals surface area contributed by atoms with Gasteiger partial charge in [0, 0.05) is 36.9 Å². The van der Waals surface area contributed by atoms with Gasteiger partial charge in [-0.3, -0.25) is 4.98 Å². The topological polar surface area (TPSA) is 56.7 Å². The van der Waals surface area contributed by atoms with Crippen molar-refractivity contribution in [2.75, 3.05) is 0 Å². The molecule has 5 aromatic carbocycles. The molecule has 7 heteroatoms. The average Bonchev–Trinajstić information content (AvgIpc) is 3.81. The summed E-state index contributed by atoms with van der Waals surface area (Å²) in [5.74, 6) is 7.33. The van der Waals surface area contributed by atoms with Crippen molar-refractivity contribution in [3.8, 4) is 39.5 Å². The van der Waals surface area contributed by atoms with E-state index in [4.69, 9.17) is 16.3 Å². The Labute approximate surface area is 371 Å². The fraction of sp³-hybridized carbons (Fsp3) is 0.212. The quantitative estimate of drug-likeness (QED) is 0.118. The van der Waals surface area contributed by atoms with Gasteiger partial charge in [0.25, 0.3) is 0 Å². The summed E-state index contributed by atoms with van der Waals surface area (Å²) >= 11 is -2.32. The average molecular weight is 1020 g/mol. The number of furan rings is 1. The molecule has 0 fully saturated rings. The van der Waals surface area contributed by atoms with Crippen LogP contribution in [-0.2, 0) is 26.5 Å². The largest absolute Gasteiger partial charge is 0 e. The van der Waals surface area contributed by atoms with Crippen LogP contribution in [0.1, 0.15) is 48.6 Å². The Bertz CT molecular complexity index is 3110. The zero-order valence-electron chi connectivity index (χ0n) is 39.7. The third-order valence-corrected chi connectivity index (χ3v) is 14.5. The summed E-state index contributed by atoms with van der Waals surface area (Å²) in [7, 11) is 0. The van der Waals surface area contributed by atoms with Crippen LogP contribution in [-0.4, -0.2) is 32.8 Å². The number of rotatable bonds is 7. The van der Waals surface area contributed by atoms with Gasteiger partial charge in [0.1, 0.15) is 0 Å². The maximum Gasteiger partial charge on any atom is 0 e. The molecule has 0 bridgehead atoms. The first-order valence-electron chi connectivity index (χ1n) is 22.2. The van der Waals surface area contributed by atoms with E-state index in [1.807, 2.05) is 63.4 Å². The summed E-state index contributed by atoms with van der Waals surface area (Å²) in [6.45, 7) is 7.93. The molecule has 0 aliphatic carbocycles. The van der Waals surface area contributed by atoms with Crippen LogP contribution in [0.15, 0.2) is 126 Å². The van der Waals surface area contributed by atoms with E-state index >= 15 is 0 Å². The van der Waals surface area contributed by atoms with Gasteiger partial charge in [0.05, 0.1) is 22.4 Å². The van der Waals surface area contributed by atoms with Crippen molar-refractivity contribution in [3.05, 3.63) is 162 Å². The van der Waals surface area contributed by atoms with Gasteiger partial charge in [-0.25, -0.2) is 4.98 Å². The van der Waals surface area contributed by atoms with E-state index in [0.717, 1.165) is 54.6 Å². The number of pyridine rings is 2. The number of hydrogen-bond donors (Lipinski definition) is 0. The predicted molar refractivity (Wildman–Crippen MR) is 245 cm³/mol. The van der Waals surface area contributed by atoms with Crippen LogP contribution in [0.4, 0.5) is 0 Å². The molecule has 9 rings (SSSR count). The summed E-state index contributed by atoms with van der Waals surface area (Å²) in [6.07, 6.45) is 0.362. The van der Waals surface area contributed by atoms with Crippen molar-refractivity contribution in [2.24, 2.45) is 5.92 Å². The summed E-state index contributed by atoms with van der Waals surface area (Å²) in [5.41, 5.74) is 13.3. The third-order valence-electron chi connectivity index (χ3n) is 10.3. The first-order chi connectivity index (χ1) is 29.8. The van der Waals surface area contributed by atoms with Crippen molar-refractivity contribution >= 4 is 50.8 Å². The minimum atomic E-state index is -2.32. The Hall–Kier alpha value is -5.14. The number of fused-ring (bicyclic) bond motifs is 4. The molecule has 0 aliphatic rings. The predicted octanol–water partition coefficient (Wildman–Crippen LogP) is 13.0. The zero-order valence-corrected chi connectivity index (χ0v) is 39.1. The monoisotopic (exact) mass is 1020 g/mol. The molecule has 0 spiro atoms. The fourth-order valence-corrected chi connectivity index (χ4v) is 10.6. The first-order valence-corrected chi connectivity index (χ1v) is 27.1. The fourth-order valence-electron chi connectivity index (χ4n) is 7.62. The number of para-hydroxylation sites is 2. The van der Waals surface area contributed by atoms with E-state index in [1.165, 1.54) is 28.3 Å². The van der Waals surface area contributed by atoms with E-state index in [-0.39, 0.29) is 31.6 Å². The van der Waals surface area contributed by atoms with Gasteiger partial charge in [-0.05, 0) is 79.4 Å². The second-order valence-electron chi connectivity index (χ2n) is 16.2. The van der Waals surface area contributed by atoms with Crippen LogP contribution in [0, 0.1) is 45.7 Å². The number of nitrogens with zero attached hydrogens (tertiary/aromatic N) is 4. The molecule has 0 N–H and O–H groups in total. The van der Waals surface area contributed by atoms with Gasteiger partial charge in [0.2, 0.25) is 5.71 Å². The summed E-state index contributed by atoms with van der Waals surface area (Å²) < 4.78 is 49.3. The van der Waals surface area contributed by atoms with Gasteiger partial charge in [-0.1, -0.05) is 53.4 Å². The smallest absolute Gasteiger partial charge is 0 e. The van der Waals surface area contributed by atoms with Crippen LogP contribution in [0.25, 0.3) is 72.6 Å². The number of benzene rings is 5. The Morgan fingerprint density at radius 3 is 2.25 bits per heavy atom. The first kappa shape index (κ1) is 35.8. The molecule has 5 nitrogen and oxygen atoms in total. The molecule has 0 unspecified atom stereocenters. The summed E-state index contributed by atoms with van der Waals surface area (Å²) in [5, 5.41) is 2.01. The van der Waals surface area contributed by atoms with Crippen LogP contribution in [0.3, 0.4) is 0 Å². The molecule has 1 radical (unpaired) electrons. The van der Waals surface area contributed by atoms with E-state index in [0.29, 0.717) is 22.5 Å². The molecule has 4 heterocycles. The molecule has 0 aliphatic heterocycles. The number of aryl methyl sites for hydroxylation is 4. The molecule has 0 saturated heterocycles. The second kappa shape index (κ2) is 17.2. The van der Waals surface area contributed by atoms with Crippen LogP contribution in [0.2, 0.25) is 17.3 Å².